The van der Waals surface area contributed by atoms with Crippen LogP contribution < -0.4 is 0 Å². The molecule has 18 heavy (non-hydrogen) atoms. The predicted octanol–water partition coefficient (Wildman–Crippen LogP) is 3.85. The molecular formula is C15H12O2S. The molecule has 0 amide bonds. The first kappa shape index (κ1) is 11.2. The van der Waals surface area contributed by atoms with E-state index < -0.39 is 0 Å². The summed E-state index contributed by atoms with van der Waals surface area (Å²) in [6.07, 6.45) is 0. The van der Waals surface area contributed by atoms with Crippen LogP contribution in [0.25, 0.3) is 11.3 Å². The molecule has 1 aliphatic rings. The van der Waals surface area contributed by atoms with Gasteiger partial charge in [0.2, 0.25) is 0 Å². The lowest BCUT2D eigenvalue weighted by Gasteiger charge is -2.07. The summed E-state index contributed by atoms with van der Waals surface area (Å²) in [7, 11) is 0. The molecular weight excluding hydrogens is 244 g/mol. The van der Waals surface area contributed by atoms with Gasteiger partial charge >= 0.3 is 0 Å². The Morgan fingerprint density at radius 2 is 1.89 bits per heavy atom. The van der Waals surface area contributed by atoms with Crippen LogP contribution in [0.3, 0.4) is 0 Å². The van der Waals surface area contributed by atoms with Crippen molar-refractivity contribution in [3.8, 4) is 0 Å². The van der Waals surface area contributed by atoms with Gasteiger partial charge in [0.05, 0.1) is 12.2 Å². The fourth-order valence-electron chi connectivity index (χ4n) is 2.19. The number of hydrogen-bond donors (Lipinski definition) is 0. The van der Waals surface area contributed by atoms with Crippen LogP contribution in [0.1, 0.15) is 27.7 Å². The Morgan fingerprint density at radius 1 is 1.11 bits per heavy atom. The fourth-order valence-corrected chi connectivity index (χ4v) is 2.95. The number of hydrogen-bond acceptors (Lipinski definition) is 3. The summed E-state index contributed by atoms with van der Waals surface area (Å²) < 4.78 is 5.70. The Morgan fingerprint density at radius 3 is 2.56 bits per heavy atom. The molecule has 1 aromatic heterocycles. The van der Waals surface area contributed by atoms with E-state index in [0.717, 1.165) is 21.8 Å². The first-order chi connectivity index (χ1) is 8.83. The standard InChI is InChI=1S/C15H12O2S/c1-2-17-15-11-7-4-3-6-10(11)14(16)13(15)12-8-5-9-18-12/h3-9H,2H2,1H3. The smallest absolute Gasteiger partial charge is 0.198 e. The molecule has 0 fully saturated rings. The topological polar surface area (TPSA) is 26.3 Å². The average molecular weight is 256 g/mol. The second-order valence-electron chi connectivity index (χ2n) is 3.99. The highest BCUT2D eigenvalue weighted by molar-refractivity contribution is 7.11. The monoisotopic (exact) mass is 256 g/mol. The van der Waals surface area contributed by atoms with Gasteiger partial charge in [0.15, 0.2) is 5.78 Å². The van der Waals surface area contributed by atoms with Gasteiger partial charge in [-0.15, -0.1) is 11.3 Å². The molecule has 0 bridgehead atoms. The number of carbonyl (C=O) groups is 1. The van der Waals surface area contributed by atoms with Gasteiger partial charge in [-0.25, -0.2) is 0 Å². The van der Waals surface area contributed by atoms with E-state index in [4.69, 9.17) is 4.74 Å². The summed E-state index contributed by atoms with van der Waals surface area (Å²) in [5.41, 5.74) is 2.35. The minimum atomic E-state index is 0.0662. The number of thiophene rings is 1. The Balaban J connectivity index is 2.21. The molecule has 0 aliphatic heterocycles. The Labute approximate surface area is 110 Å². The van der Waals surface area contributed by atoms with Crippen molar-refractivity contribution in [3.05, 3.63) is 57.8 Å². The maximum atomic E-state index is 12.4. The van der Waals surface area contributed by atoms with Crippen molar-refractivity contribution < 1.29 is 9.53 Å². The number of fused-ring (bicyclic) bond motifs is 1. The maximum Gasteiger partial charge on any atom is 0.198 e. The van der Waals surface area contributed by atoms with Gasteiger partial charge in [-0.1, -0.05) is 30.3 Å². The van der Waals surface area contributed by atoms with Crippen LogP contribution in [0, 0.1) is 0 Å². The lowest BCUT2D eigenvalue weighted by atomic mass is 10.1. The third-order valence-corrected chi connectivity index (χ3v) is 3.81. The van der Waals surface area contributed by atoms with Crippen LogP contribution in [0.2, 0.25) is 0 Å². The van der Waals surface area contributed by atoms with Gasteiger partial charge < -0.3 is 4.74 Å². The maximum absolute atomic E-state index is 12.4. The van der Waals surface area contributed by atoms with Crippen LogP contribution in [0.15, 0.2) is 41.8 Å². The SMILES string of the molecule is CCOC1=C(c2cccs2)C(=O)c2ccccc21. The molecule has 2 aromatic rings. The number of ketones is 1. The molecule has 0 atom stereocenters. The minimum Gasteiger partial charge on any atom is -0.492 e. The molecule has 2 nitrogen and oxygen atoms in total. The van der Waals surface area contributed by atoms with Gasteiger partial charge in [-0.05, 0) is 18.4 Å². The molecule has 1 heterocycles. The molecule has 0 saturated carbocycles. The molecule has 90 valence electrons. The Kier molecular flexibility index (Phi) is 2.76. The van der Waals surface area contributed by atoms with E-state index >= 15 is 0 Å². The molecule has 0 N–H and O–H groups in total. The van der Waals surface area contributed by atoms with Gasteiger partial charge in [-0.3, -0.25) is 4.79 Å². The van der Waals surface area contributed by atoms with Crippen molar-refractivity contribution in [3.63, 3.8) is 0 Å². The fraction of sp³-hybridized carbons (Fsp3) is 0.133. The normalized spacial score (nSPS) is 13.9. The number of rotatable bonds is 3. The summed E-state index contributed by atoms with van der Waals surface area (Å²) in [5, 5.41) is 1.97. The Bertz CT molecular complexity index is 624. The zero-order valence-corrected chi connectivity index (χ0v) is 10.8. The van der Waals surface area contributed by atoms with Crippen molar-refractivity contribution in [2.75, 3.05) is 6.61 Å². The molecule has 0 spiro atoms. The van der Waals surface area contributed by atoms with Crippen molar-refractivity contribution in [1.82, 2.24) is 0 Å². The lowest BCUT2D eigenvalue weighted by Crippen LogP contribution is -1.96. The van der Waals surface area contributed by atoms with E-state index in [2.05, 4.69) is 0 Å². The first-order valence-corrected chi connectivity index (χ1v) is 6.76. The zero-order chi connectivity index (χ0) is 12.5. The van der Waals surface area contributed by atoms with Crippen molar-refractivity contribution in [2.45, 2.75) is 6.92 Å². The van der Waals surface area contributed by atoms with Crippen LogP contribution in [0.4, 0.5) is 0 Å². The van der Waals surface area contributed by atoms with Crippen LogP contribution >= 0.6 is 11.3 Å². The predicted molar refractivity (Wildman–Crippen MR) is 73.5 cm³/mol. The second kappa shape index (κ2) is 4.42. The molecule has 3 heteroatoms. The third kappa shape index (κ3) is 1.59. The van der Waals surface area contributed by atoms with Crippen LogP contribution in [-0.2, 0) is 4.74 Å². The van der Waals surface area contributed by atoms with E-state index in [-0.39, 0.29) is 5.78 Å². The van der Waals surface area contributed by atoms with Crippen LogP contribution in [0.5, 0.6) is 0 Å². The number of Topliss-reactive ketones (excluding diaryl/α,β-unsaturated/α-hetero) is 1. The van der Waals surface area contributed by atoms with E-state index in [0.29, 0.717) is 12.2 Å². The van der Waals surface area contributed by atoms with Gasteiger partial charge in [0.25, 0.3) is 0 Å². The summed E-state index contributed by atoms with van der Waals surface area (Å²) in [6.45, 7) is 2.50. The second-order valence-corrected chi connectivity index (χ2v) is 4.94. The molecule has 0 saturated heterocycles. The van der Waals surface area contributed by atoms with Crippen molar-refractivity contribution >= 4 is 28.5 Å². The molecule has 3 rings (SSSR count). The molecule has 1 aliphatic carbocycles. The third-order valence-electron chi connectivity index (χ3n) is 2.93. The average Bonchev–Trinajstić information content (AvgIpc) is 2.99. The highest BCUT2D eigenvalue weighted by Crippen LogP contribution is 2.40. The van der Waals surface area contributed by atoms with Crippen LogP contribution in [-0.4, -0.2) is 12.4 Å². The number of allylic oxidation sites excluding steroid dienone is 1. The van der Waals surface area contributed by atoms with Crippen molar-refractivity contribution in [2.24, 2.45) is 0 Å². The summed E-state index contributed by atoms with van der Waals surface area (Å²) in [6, 6.07) is 11.5. The minimum absolute atomic E-state index is 0.0662. The molecule has 0 unspecified atom stereocenters. The summed E-state index contributed by atoms with van der Waals surface area (Å²) in [4.78, 5) is 13.4. The zero-order valence-electron chi connectivity index (χ0n) is 9.97. The summed E-state index contributed by atoms with van der Waals surface area (Å²) in [5.74, 6) is 0.789. The quantitative estimate of drug-likeness (QED) is 0.833. The molecule has 0 radical (unpaired) electrons. The summed E-state index contributed by atoms with van der Waals surface area (Å²) >= 11 is 1.57. The molecule has 1 aromatic carbocycles. The van der Waals surface area contributed by atoms with Gasteiger partial charge in [-0.2, -0.15) is 0 Å². The largest absolute Gasteiger partial charge is 0.492 e. The number of carbonyl (C=O) groups excluding carboxylic acids is 1. The van der Waals surface area contributed by atoms with E-state index in [1.54, 1.807) is 11.3 Å². The van der Waals surface area contributed by atoms with E-state index in [1.165, 1.54) is 0 Å². The number of benzene rings is 1. The lowest BCUT2D eigenvalue weighted by molar-refractivity contribution is 0.105. The first-order valence-electron chi connectivity index (χ1n) is 5.88. The Hall–Kier alpha value is -1.87. The van der Waals surface area contributed by atoms with E-state index in [1.807, 2.05) is 48.7 Å². The number of ether oxygens (including phenoxy) is 1. The van der Waals surface area contributed by atoms with Gasteiger partial charge in [0, 0.05) is 16.0 Å². The highest BCUT2D eigenvalue weighted by Gasteiger charge is 2.31. The van der Waals surface area contributed by atoms with Crippen molar-refractivity contribution in [1.29, 1.82) is 0 Å². The van der Waals surface area contributed by atoms with E-state index in [9.17, 15) is 4.79 Å². The highest BCUT2D eigenvalue weighted by atomic mass is 32.1. The van der Waals surface area contributed by atoms with Gasteiger partial charge in [0.1, 0.15) is 5.76 Å².